The van der Waals surface area contributed by atoms with Crippen molar-refractivity contribution in [2.45, 2.75) is 19.6 Å². The highest BCUT2D eigenvalue weighted by Gasteiger charge is 2.15. The molecular formula is C13H15N3O2S. The summed E-state index contributed by atoms with van der Waals surface area (Å²) in [7, 11) is 0. The maximum atomic E-state index is 11.8. The van der Waals surface area contributed by atoms with Crippen LogP contribution < -0.4 is 5.32 Å². The lowest BCUT2D eigenvalue weighted by molar-refractivity contribution is 0.0954. The van der Waals surface area contributed by atoms with Crippen molar-refractivity contribution in [3.8, 4) is 0 Å². The molecule has 1 N–H and O–H groups in total. The molecule has 6 heteroatoms. The van der Waals surface area contributed by atoms with Crippen LogP contribution in [0.15, 0.2) is 23.7 Å². The van der Waals surface area contributed by atoms with E-state index in [0.29, 0.717) is 19.7 Å². The van der Waals surface area contributed by atoms with Gasteiger partial charge in [0.25, 0.3) is 5.91 Å². The summed E-state index contributed by atoms with van der Waals surface area (Å²) in [4.78, 5) is 12.5. The number of thiophene rings is 1. The van der Waals surface area contributed by atoms with E-state index in [-0.39, 0.29) is 5.91 Å². The quantitative estimate of drug-likeness (QED) is 0.920. The number of fused-ring (bicyclic) bond motifs is 1. The molecule has 100 valence electrons. The van der Waals surface area contributed by atoms with Crippen LogP contribution in [0.3, 0.4) is 0 Å². The smallest absolute Gasteiger partial charge is 0.261 e. The van der Waals surface area contributed by atoms with Crippen LogP contribution in [0.5, 0.6) is 0 Å². The van der Waals surface area contributed by atoms with E-state index in [0.717, 1.165) is 23.5 Å². The Morgan fingerprint density at radius 1 is 1.58 bits per heavy atom. The maximum Gasteiger partial charge on any atom is 0.261 e. The highest BCUT2D eigenvalue weighted by atomic mass is 32.1. The minimum absolute atomic E-state index is 0.0145. The number of amides is 1. The molecule has 0 saturated carbocycles. The van der Waals surface area contributed by atoms with Crippen LogP contribution in [-0.4, -0.2) is 28.8 Å². The summed E-state index contributed by atoms with van der Waals surface area (Å²) in [5.74, 6) is -0.0145. The van der Waals surface area contributed by atoms with Gasteiger partial charge < -0.3 is 10.1 Å². The van der Waals surface area contributed by atoms with Crippen LogP contribution in [0.2, 0.25) is 0 Å². The van der Waals surface area contributed by atoms with Crippen LogP contribution in [0.25, 0.3) is 0 Å². The van der Waals surface area contributed by atoms with Gasteiger partial charge in [0.1, 0.15) is 0 Å². The van der Waals surface area contributed by atoms with E-state index in [2.05, 4.69) is 10.4 Å². The summed E-state index contributed by atoms with van der Waals surface area (Å²) in [6, 6.07) is 3.70. The first kappa shape index (κ1) is 12.4. The third-order valence-electron chi connectivity index (χ3n) is 3.13. The highest BCUT2D eigenvalue weighted by molar-refractivity contribution is 7.12. The topological polar surface area (TPSA) is 56.2 Å². The number of aromatic nitrogens is 2. The molecule has 0 radical (unpaired) electrons. The third-order valence-corrected chi connectivity index (χ3v) is 4.00. The van der Waals surface area contributed by atoms with Gasteiger partial charge in [-0.05, 0) is 11.4 Å². The Labute approximate surface area is 115 Å². The lowest BCUT2D eigenvalue weighted by Crippen LogP contribution is -2.27. The highest BCUT2D eigenvalue weighted by Crippen LogP contribution is 2.15. The van der Waals surface area contributed by atoms with E-state index in [1.807, 2.05) is 28.4 Å². The van der Waals surface area contributed by atoms with Gasteiger partial charge in [0.05, 0.1) is 30.8 Å². The van der Waals surface area contributed by atoms with E-state index < -0.39 is 0 Å². The summed E-state index contributed by atoms with van der Waals surface area (Å²) >= 11 is 1.45. The van der Waals surface area contributed by atoms with E-state index in [9.17, 15) is 4.79 Å². The van der Waals surface area contributed by atoms with Crippen molar-refractivity contribution in [1.82, 2.24) is 15.1 Å². The molecule has 0 aliphatic carbocycles. The first-order valence-electron chi connectivity index (χ1n) is 6.27. The number of carbonyl (C=O) groups excluding carboxylic acids is 1. The second-order valence-electron chi connectivity index (χ2n) is 4.38. The number of carbonyl (C=O) groups is 1. The van der Waals surface area contributed by atoms with Crippen LogP contribution in [0.4, 0.5) is 0 Å². The van der Waals surface area contributed by atoms with Crippen molar-refractivity contribution in [2.75, 3.05) is 13.2 Å². The van der Waals surface area contributed by atoms with Crippen molar-refractivity contribution in [2.24, 2.45) is 0 Å². The molecule has 0 aromatic carbocycles. The molecule has 3 heterocycles. The summed E-state index contributed by atoms with van der Waals surface area (Å²) in [6.07, 6.45) is 2.75. The van der Waals surface area contributed by atoms with Crippen molar-refractivity contribution in [3.63, 3.8) is 0 Å². The summed E-state index contributed by atoms with van der Waals surface area (Å²) < 4.78 is 7.34. The molecule has 1 aliphatic rings. The number of hydrogen-bond acceptors (Lipinski definition) is 4. The largest absolute Gasteiger partial charge is 0.376 e. The molecule has 2 aromatic heterocycles. The zero-order valence-corrected chi connectivity index (χ0v) is 11.3. The first-order chi connectivity index (χ1) is 9.34. The molecule has 2 aromatic rings. The molecule has 0 fully saturated rings. The van der Waals surface area contributed by atoms with E-state index in [1.54, 1.807) is 0 Å². The zero-order chi connectivity index (χ0) is 13.1. The minimum atomic E-state index is -0.0145. The van der Waals surface area contributed by atoms with Crippen LogP contribution in [0, 0.1) is 0 Å². The van der Waals surface area contributed by atoms with Crippen LogP contribution in [-0.2, 0) is 24.3 Å². The van der Waals surface area contributed by atoms with Gasteiger partial charge in [-0.2, -0.15) is 5.10 Å². The molecular weight excluding hydrogens is 262 g/mol. The van der Waals surface area contributed by atoms with E-state index in [4.69, 9.17) is 4.74 Å². The molecule has 0 bridgehead atoms. The molecule has 0 atom stereocenters. The predicted molar refractivity (Wildman–Crippen MR) is 72.2 cm³/mol. The van der Waals surface area contributed by atoms with Gasteiger partial charge in [-0.3, -0.25) is 9.48 Å². The minimum Gasteiger partial charge on any atom is -0.376 e. The van der Waals surface area contributed by atoms with Gasteiger partial charge in [0, 0.05) is 24.2 Å². The Balaban J connectivity index is 1.55. The summed E-state index contributed by atoms with van der Waals surface area (Å²) in [5.41, 5.74) is 2.40. The molecule has 0 spiro atoms. The molecule has 5 nitrogen and oxygen atoms in total. The lowest BCUT2D eigenvalue weighted by atomic mass is 10.2. The third kappa shape index (κ3) is 2.69. The SMILES string of the molecule is O=C(NCCn1ncc2c1CCOC2)c1cccs1. The van der Waals surface area contributed by atoms with Crippen molar-refractivity contribution >= 4 is 17.2 Å². The summed E-state index contributed by atoms with van der Waals surface area (Å²) in [5, 5.41) is 9.16. The summed E-state index contributed by atoms with van der Waals surface area (Å²) in [6.45, 7) is 2.69. The van der Waals surface area contributed by atoms with Gasteiger partial charge in [-0.25, -0.2) is 0 Å². The Kier molecular flexibility index (Phi) is 3.61. The number of nitrogens with one attached hydrogen (secondary N) is 1. The average Bonchev–Trinajstić information content (AvgIpc) is 3.08. The standard InChI is InChI=1S/C13H15N3O2S/c17-13(12-2-1-7-19-12)14-4-5-16-11-3-6-18-9-10(11)8-15-16/h1-2,7-8H,3-6,9H2,(H,14,17). The molecule has 1 amide bonds. The molecule has 0 unspecified atom stereocenters. The monoisotopic (exact) mass is 277 g/mol. The van der Waals surface area contributed by atoms with E-state index >= 15 is 0 Å². The number of rotatable bonds is 4. The second-order valence-corrected chi connectivity index (χ2v) is 5.32. The fraction of sp³-hybridized carbons (Fsp3) is 0.385. The number of nitrogens with zero attached hydrogens (tertiary/aromatic N) is 2. The molecule has 19 heavy (non-hydrogen) atoms. The Morgan fingerprint density at radius 3 is 3.37 bits per heavy atom. The van der Waals surface area contributed by atoms with Crippen molar-refractivity contribution in [1.29, 1.82) is 0 Å². The number of hydrogen-bond donors (Lipinski definition) is 1. The van der Waals surface area contributed by atoms with E-state index in [1.165, 1.54) is 17.0 Å². The molecule has 3 rings (SSSR count). The Hall–Kier alpha value is -1.66. The normalized spacial score (nSPS) is 14.1. The van der Waals surface area contributed by atoms with Crippen molar-refractivity contribution < 1.29 is 9.53 Å². The lowest BCUT2D eigenvalue weighted by Gasteiger charge is -2.14. The van der Waals surface area contributed by atoms with Gasteiger partial charge in [-0.1, -0.05) is 6.07 Å². The second kappa shape index (κ2) is 5.54. The fourth-order valence-electron chi connectivity index (χ4n) is 2.17. The van der Waals surface area contributed by atoms with Gasteiger partial charge >= 0.3 is 0 Å². The molecule has 0 saturated heterocycles. The van der Waals surface area contributed by atoms with Gasteiger partial charge in [0.2, 0.25) is 0 Å². The fourth-order valence-corrected chi connectivity index (χ4v) is 2.81. The number of ether oxygens (including phenoxy) is 1. The average molecular weight is 277 g/mol. The maximum absolute atomic E-state index is 11.8. The van der Waals surface area contributed by atoms with Crippen molar-refractivity contribution in [3.05, 3.63) is 39.8 Å². The zero-order valence-electron chi connectivity index (χ0n) is 10.5. The van der Waals surface area contributed by atoms with Crippen LogP contribution in [0.1, 0.15) is 20.9 Å². The van der Waals surface area contributed by atoms with Crippen LogP contribution >= 0.6 is 11.3 Å². The Bertz CT molecular complexity index is 562. The van der Waals surface area contributed by atoms with Gasteiger partial charge in [0.15, 0.2) is 0 Å². The first-order valence-corrected chi connectivity index (χ1v) is 7.15. The predicted octanol–water partition coefficient (Wildman–Crippen LogP) is 1.45. The Morgan fingerprint density at radius 2 is 2.53 bits per heavy atom. The molecule has 1 aliphatic heterocycles. The van der Waals surface area contributed by atoms with Gasteiger partial charge in [-0.15, -0.1) is 11.3 Å².